The number of benzene rings is 18. The van der Waals surface area contributed by atoms with Crippen molar-refractivity contribution >= 4 is 108 Å². The number of rotatable bonds is 19. The van der Waals surface area contributed by atoms with Gasteiger partial charge >= 0.3 is 24.0 Å². The van der Waals surface area contributed by atoms with Crippen LogP contribution in [0.15, 0.2) is 303 Å². The Labute approximate surface area is 767 Å². The quantitative estimate of drug-likeness (QED) is 0.0275. The monoisotopic (exact) mass is 1770 g/mol. The summed E-state index contributed by atoms with van der Waals surface area (Å²) in [5.74, 6) is 2.25. The third-order valence-electron chi connectivity index (χ3n) is 22.7. The Balaban J connectivity index is 0.000000115. The van der Waals surface area contributed by atoms with E-state index in [1.54, 1.807) is 24.3 Å². The molecule has 0 saturated carbocycles. The number of phenolic OH excluding ortho intramolecular Hbond substituents is 8. The predicted molar refractivity (Wildman–Crippen MR) is 525 cm³/mol. The first-order valence-electron chi connectivity index (χ1n) is 43.9. The molecule has 22 aromatic rings. The third kappa shape index (κ3) is 17.7. The van der Waals surface area contributed by atoms with Crippen LogP contribution in [-0.2, 0) is 0 Å². The lowest BCUT2D eigenvalue weighted by Gasteiger charge is -2.15. The molecule has 0 atom stereocenters. The highest BCUT2D eigenvalue weighted by Gasteiger charge is 2.25. The van der Waals surface area contributed by atoms with Gasteiger partial charge in [-0.15, -0.1) is 0 Å². The molecule has 134 heavy (non-hydrogen) atoms. The van der Waals surface area contributed by atoms with E-state index in [1.807, 2.05) is 132 Å². The van der Waals surface area contributed by atoms with Crippen LogP contribution in [0.3, 0.4) is 0 Å². The first kappa shape index (κ1) is 85.9. The van der Waals surface area contributed by atoms with Gasteiger partial charge in [-0.2, -0.15) is 39.9 Å². The Morgan fingerprint density at radius 3 is 1.06 bits per heavy atom. The predicted octanol–water partition coefficient (Wildman–Crippen LogP) is 24.6. The topological polar surface area (TPSA) is 353 Å². The van der Waals surface area contributed by atoms with E-state index in [2.05, 4.69) is 178 Å². The van der Waals surface area contributed by atoms with E-state index in [1.165, 1.54) is 70.1 Å². The zero-order valence-electron chi connectivity index (χ0n) is 73.3. The van der Waals surface area contributed by atoms with Gasteiger partial charge in [-0.25, -0.2) is 19.9 Å². The van der Waals surface area contributed by atoms with Gasteiger partial charge in [0.15, 0.2) is 46.6 Å². The van der Waals surface area contributed by atoms with E-state index in [4.69, 9.17) is 33.9 Å². The summed E-state index contributed by atoms with van der Waals surface area (Å²) in [7, 11) is 0. The molecule has 658 valence electrons. The van der Waals surface area contributed by atoms with Gasteiger partial charge in [0.2, 0.25) is 0 Å². The Morgan fingerprint density at radius 2 is 0.560 bits per heavy atom. The lowest BCUT2D eigenvalue weighted by Crippen LogP contribution is -2.10. The van der Waals surface area contributed by atoms with Crippen molar-refractivity contribution in [1.82, 2.24) is 59.8 Å². The minimum Gasteiger partial charge on any atom is -0.508 e. The molecule has 0 spiro atoms. The highest BCUT2D eigenvalue weighted by molar-refractivity contribution is 6.26. The number of hydrogen-bond acceptors (Lipinski definition) is 24. The molecule has 0 saturated heterocycles. The summed E-state index contributed by atoms with van der Waals surface area (Å²) >= 11 is 0. The zero-order chi connectivity index (χ0) is 92.2. The number of nitrogens with zero attached hydrogens (tertiary/aromatic N) is 12. The van der Waals surface area contributed by atoms with Crippen molar-refractivity contribution in [1.29, 1.82) is 0 Å². The van der Waals surface area contributed by atoms with Crippen LogP contribution in [-0.4, -0.2) is 127 Å². The van der Waals surface area contributed by atoms with E-state index in [0.29, 0.717) is 65.4 Å². The fraction of sp³-hybridized carbons (Fsp3) is 0.109. The average Bonchev–Trinajstić information content (AvgIpc) is 0.742. The first-order chi connectivity index (χ1) is 65.3. The lowest BCUT2D eigenvalue weighted by molar-refractivity contribution is 0.222. The van der Waals surface area contributed by atoms with E-state index in [-0.39, 0.29) is 99.4 Å². The maximum atomic E-state index is 10.5. The number of fused-ring (bicyclic) bond motifs is 9. The highest BCUT2D eigenvalue weighted by Crippen LogP contribution is 2.45. The summed E-state index contributed by atoms with van der Waals surface area (Å²) in [6, 6.07) is 96.9. The SMILES string of the molecule is CC(C)Oc1nc(-c2ccc(O)cc2O)nc(-c2ccc3ccc4cccc5ccc2c3c45)n1.CCCOc1nc(-c2ccc(O)cc2O)nc(-c2c3ccccc3cc3ccccc23)n1.CCCOc1nc(-c2ccc(O)cc2O)nc(-c2cc3c4ccccc4ccc3c3ccccc23)n1.CCCOc1nc(-c2ccc3cc4ccccc4cc3c2)nc(-c2ccc(O)cc2O)n1. The summed E-state index contributed by atoms with van der Waals surface area (Å²) in [6.45, 7) is 11.2. The summed E-state index contributed by atoms with van der Waals surface area (Å²) in [6.07, 6.45) is 2.27. The number of aromatic hydroxyl groups is 8. The van der Waals surface area contributed by atoms with Gasteiger partial charge in [0.05, 0.1) is 48.2 Å². The van der Waals surface area contributed by atoms with Gasteiger partial charge in [0.1, 0.15) is 46.0 Å². The van der Waals surface area contributed by atoms with E-state index in [0.717, 1.165) is 128 Å². The molecule has 18 aromatic carbocycles. The molecular weight excluding hydrogens is 1680 g/mol. The minimum absolute atomic E-state index is 0.0373. The van der Waals surface area contributed by atoms with Gasteiger partial charge in [-0.3, -0.25) is 0 Å². The molecule has 22 rings (SSSR count). The number of aromatic nitrogens is 12. The van der Waals surface area contributed by atoms with Gasteiger partial charge in [0, 0.05) is 46.5 Å². The van der Waals surface area contributed by atoms with Crippen LogP contribution < -0.4 is 18.9 Å². The lowest BCUT2D eigenvalue weighted by atomic mass is 9.92. The minimum atomic E-state index is -0.141. The maximum absolute atomic E-state index is 10.5. The summed E-state index contributed by atoms with van der Waals surface area (Å²) in [5, 5.41) is 103. The van der Waals surface area contributed by atoms with E-state index in [9.17, 15) is 40.9 Å². The number of ether oxygens (including phenoxy) is 4. The first-order valence-corrected chi connectivity index (χ1v) is 43.9. The Bertz CT molecular complexity index is 8200. The number of hydrogen-bond donors (Lipinski definition) is 8. The van der Waals surface area contributed by atoms with Crippen molar-refractivity contribution in [2.24, 2.45) is 0 Å². The van der Waals surface area contributed by atoms with Crippen molar-refractivity contribution in [3.8, 4) is 161 Å². The van der Waals surface area contributed by atoms with Gasteiger partial charge in [0.25, 0.3) is 0 Å². The summed E-state index contributed by atoms with van der Waals surface area (Å²) < 4.78 is 23.1. The maximum Gasteiger partial charge on any atom is 0.320 e. The fourth-order valence-corrected chi connectivity index (χ4v) is 16.6. The summed E-state index contributed by atoms with van der Waals surface area (Å²) in [5.41, 5.74) is 4.93. The van der Waals surface area contributed by atoms with Gasteiger partial charge < -0.3 is 59.8 Å². The standard InChI is InChI=1S/C30H23N3O3.C28H21N3O3.2C26H21N3O3/c1-2-15-36-30-32-28(24-14-12-19(34)16-27(24)35)31-29(33-30)26-17-25-20-8-4-3-7-18(20)11-13-23(25)21-9-5-6-10-22(21)26;1-15(2)34-28-30-26(29-27(31-28)22-13-10-19(32)14-23(22)33)21-12-9-18-7-6-16-4-3-5-17-8-11-20(21)25(18)24(16)17;1-2-13-32-26-28-24(21-12-11-18(30)15-22(21)31)27-25(29-26)23-19-9-5-3-7-16(19)14-17-8-4-6-10-20(17)23;1-2-11-32-26-28-24(27-25(29-26)22-10-9-21(30)15-23(22)31)19-8-7-18-12-16-5-3-4-6-17(16)13-20(18)14-19/h3-14,16-17,34-35H,2,15H2,1H3;3-15,32-33H,1-2H3;3-12,14-15,30-31H,2,13H2,1H3;3-10,12-15,30-31H,2,11H2,1H3. The second-order valence-electron chi connectivity index (χ2n) is 32.4. The van der Waals surface area contributed by atoms with Crippen molar-refractivity contribution < 1.29 is 59.8 Å². The molecule has 24 heteroatoms. The second-order valence-corrected chi connectivity index (χ2v) is 32.4. The van der Waals surface area contributed by atoms with Crippen LogP contribution in [0.1, 0.15) is 53.9 Å². The molecule has 0 aliphatic rings. The Kier molecular flexibility index (Phi) is 23.9. The molecule has 0 unspecified atom stereocenters. The van der Waals surface area contributed by atoms with E-state index >= 15 is 0 Å². The van der Waals surface area contributed by atoms with Crippen LogP contribution in [0.2, 0.25) is 0 Å². The van der Waals surface area contributed by atoms with Crippen molar-refractivity contribution in [2.45, 2.75) is 60.0 Å². The molecule has 4 aromatic heterocycles. The zero-order valence-corrected chi connectivity index (χ0v) is 73.3. The molecule has 0 fully saturated rings. The van der Waals surface area contributed by atoms with Crippen LogP contribution in [0.5, 0.6) is 70.0 Å². The van der Waals surface area contributed by atoms with Crippen molar-refractivity contribution in [2.75, 3.05) is 19.8 Å². The van der Waals surface area contributed by atoms with Crippen LogP contribution in [0.25, 0.3) is 199 Å². The molecule has 0 radical (unpaired) electrons. The van der Waals surface area contributed by atoms with Gasteiger partial charge in [-0.1, -0.05) is 215 Å². The Hall–Kier alpha value is -17.5. The van der Waals surface area contributed by atoms with Crippen molar-refractivity contribution in [3.05, 3.63) is 303 Å². The Morgan fingerprint density at radius 1 is 0.224 bits per heavy atom. The molecule has 0 amide bonds. The molecular formula is C110H86N12O12. The average molecular weight is 1770 g/mol. The third-order valence-corrected chi connectivity index (χ3v) is 22.7. The molecule has 4 heterocycles. The number of phenols is 8. The normalized spacial score (nSPS) is 11.4. The van der Waals surface area contributed by atoms with Crippen LogP contribution in [0.4, 0.5) is 0 Å². The fourth-order valence-electron chi connectivity index (χ4n) is 16.6. The van der Waals surface area contributed by atoms with Crippen LogP contribution in [0, 0.1) is 0 Å². The van der Waals surface area contributed by atoms with Crippen molar-refractivity contribution in [3.63, 3.8) is 0 Å². The molecule has 24 nitrogen and oxygen atoms in total. The largest absolute Gasteiger partial charge is 0.508 e. The smallest absolute Gasteiger partial charge is 0.320 e. The van der Waals surface area contributed by atoms with Crippen LogP contribution >= 0.6 is 0 Å². The highest BCUT2D eigenvalue weighted by atomic mass is 16.5. The molecule has 0 aliphatic heterocycles. The second kappa shape index (κ2) is 37.3. The van der Waals surface area contributed by atoms with E-state index < -0.39 is 0 Å². The molecule has 8 N–H and O–H groups in total. The summed E-state index contributed by atoms with van der Waals surface area (Å²) in [4.78, 5) is 55.0. The molecule has 0 aliphatic carbocycles. The molecule has 0 bridgehead atoms. The van der Waals surface area contributed by atoms with Gasteiger partial charge in [-0.05, 0) is 226 Å².